The van der Waals surface area contributed by atoms with Crippen LogP contribution in [0.5, 0.6) is 0 Å². The summed E-state index contributed by atoms with van der Waals surface area (Å²) >= 11 is 1.12. The Morgan fingerprint density at radius 2 is 2.12 bits per heavy atom. The van der Waals surface area contributed by atoms with Crippen LogP contribution >= 0.6 is 11.8 Å². The fraction of sp³-hybridized carbons (Fsp3) is 0.818. The molecule has 6 heteroatoms. The van der Waals surface area contributed by atoms with Gasteiger partial charge in [-0.3, -0.25) is 14.5 Å². The lowest BCUT2D eigenvalue weighted by molar-refractivity contribution is -0.133. The molecule has 0 bridgehead atoms. The molecular formula is C11H20N2O3S. The van der Waals surface area contributed by atoms with E-state index in [9.17, 15) is 9.59 Å². The predicted octanol–water partition coefficient (Wildman–Crippen LogP) is 0.403. The van der Waals surface area contributed by atoms with Crippen molar-refractivity contribution in [3.8, 4) is 0 Å². The zero-order chi connectivity index (χ0) is 12.8. The number of nitrogens with one attached hydrogen (secondary N) is 1. The lowest BCUT2D eigenvalue weighted by Gasteiger charge is -2.24. The van der Waals surface area contributed by atoms with Crippen LogP contribution in [0.3, 0.4) is 0 Å². The van der Waals surface area contributed by atoms with Crippen molar-refractivity contribution in [3.05, 3.63) is 0 Å². The van der Waals surface area contributed by atoms with E-state index in [4.69, 9.17) is 5.11 Å². The number of thioether (sulfide) groups is 1. The van der Waals surface area contributed by atoms with Gasteiger partial charge in [0.15, 0.2) is 0 Å². The van der Waals surface area contributed by atoms with E-state index in [0.29, 0.717) is 18.6 Å². The number of hydrogen-bond acceptors (Lipinski definition) is 4. The minimum atomic E-state index is -0.885. The van der Waals surface area contributed by atoms with Gasteiger partial charge in [0.25, 0.3) is 0 Å². The highest BCUT2D eigenvalue weighted by atomic mass is 32.2. The topological polar surface area (TPSA) is 69.6 Å². The molecule has 2 N–H and O–H groups in total. The maximum atomic E-state index is 11.4. The quantitative estimate of drug-likeness (QED) is 0.661. The number of carbonyl (C=O) groups excluding carboxylic acids is 1. The standard InChI is InChI=1S/C11H20N2O3S/c1-8(13(2)9-3-4-9)5-12-10(14)6-17-7-11(15)16/h8-9H,3-7H2,1-2H3,(H,12,14)(H,15,16). The van der Waals surface area contributed by atoms with Crippen LogP contribution in [0.15, 0.2) is 0 Å². The van der Waals surface area contributed by atoms with E-state index in [0.717, 1.165) is 11.8 Å². The molecular weight excluding hydrogens is 240 g/mol. The number of aliphatic carboxylic acids is 1. The maximum absolute atomic E-state index is 11.4. The zero-order valence-corrected chi connectivity index (χ0v) is 11.1. The molecule has 0 radical (unpaired) electrons. The van der Waals surface area contributed by atoms with Crippen LogP contribution < -0.4 is 5.32 Å². The summed E-state index contributed by atoms with van der Waals surface area (Å²) in [6.45, 7) is 2.71. The van der Waals surface area contributed by atoms with E-state index < -0.39 is 5.97 Å². The highest BCUT2D eigenvalue weighted by molar-refractivity contribution is 8.00. The van der Waals surface area contributed by atoms with Gasteiger partial charge in [-0.25, -0.2) is 0 Å². The lowest BCUT2D eigenvalue weighted by atomic mass is 10.3. The Bertz CT molecular complexity index is 282. The van der Waals surface area contributed by atoms with E-state index in [1.165, 1.54) is 12.8 Å². The van der Waals surface area contributed by atoms with Gasteiger partial charge in [0, 0.05) is 18.6 Å². The molecule has 1 saturated carbocycles. The molecule has 17 heavy (non-hydrogen) atoms. The Hall–Kier alpha value is -0.750. The first-order valence-electron chi connectivity index (χ1n) is 5.79. The summed E-state index contributed by atoms with van der Waals surface area (Å²) in [6.07, 6.45) is 2.51. The first kappa shape index (κ1) is 14.3. The van der Waals surface area contributed by atoms with E-state index in [2.05, 4.69) is 24.2 Å². The third-order valence-electron chi connectivity index (χ3n) is 2.87. The number of carboxylic acids is 1. The predicted molar refractivity (Wildman–Crippen MR) is 68.2 cm³/mol. The van der Waals surface area contributed by atoms with Crippen molar-refractivity contribution in [3.63, 3.8) is 0 Å². The lowest BCUT2D eigenvalue weighted by Crippen LogP contribution is -2.41. The molecule has 5 nitrogen and oxygen atoms in total. The highest BCUT2D eigenvalue weighted by Crippen LogP contribution is 2.26. The first-order chi connectivity index (χ1) is 8.00. The Morgan fingerprint density at radius 3 is 2.65 bits per heavy atom. The molecule has 0 aromatic carbocycles. The summed E-state index contributed by atoms with van der Waals surface area (Å²) < 4.78 is 0. The minimum Gasteiger partial charge on any atom is -0.481 e. The van der Waals surface area contributed by atoms with Crippen LogP contribution in [0, 0.1) is 0 Å². The molecule has 1 fully saturated rings. The largest absolute Gasteiger partial charge is 0.481 e. The van der Waals surface area contributed by atoms with Crippen molar-refractivity contribution in [1.82, 2.24) is 10.2 Å². The van der Waals surface area contributed by atoms with Crippen LogP contribution in [-0.2, 0) is 9.59 Å². The molecule has 1 aliphatic rings. The summed E-state index contributed by atoms with van der Waals surface area (Å²) in [4.78, 5) is 23.9. The molecule has 1 atom stereocenters. The Labute approximate surface area is 106 Å². The van der Waals surface area contributed by atoms with Gasteiger partial charge in [-0.15, -0.1) is 11.8 Å². The second kappa shape index (κ2) is 6.86. The summed E-state index contributed by atoms with van der Waals surface area (Å²) in [5.74, 6) is -0.783. The molecule has 0 aromatic heterocycles. The number of likely N-dealkylation sites (N-methyl/N-ethyl adjacent to an activating group) is 1. The van der Waals surface area contributed by atoms with Crippen molar-refractivity contribution in [2.24, 2.45) is 0 Å². The number of rotatable bonds is 8. The van der Waals surface area contributed by atoms with Crippen molar-refractivity contribution in [2.45, 2.75) is 31.8 Å². The van der Waals surface area contributed by atoms with Crippen LogP contribution in [0.2, 0.25) is 0 Å². The second-order valence-corrected chi connectivity index (χ2v) is 5.42. The fourth-order valence-corrected chi connectivity index (χ4v) is 2.09. The molecule has 98 valence electrons. The van der Waals surface area contributed by atoms with Crippen LogP contribution in [0.1, 0.15) is 19.8 Å². The summed E-state index contributed by atoms with van der Waals surface area (Å²) in [5.41, 5.74) is 0. The van der Waals surface area contributed by atoms with Crippen molar-refractivity contribution < 1.29 is 14.7 Å². The summed E-state index contributed by atoms with van der Waals surface area (Å²) in [6, 6.07) is 1.01. The molecule has 0 spiro atoms. The van der Waals surface area contributed by atoms with E-state index in [-0.39, 0.29) is 17.4 Å². The van der Waals surface area contributed by atoms with Gasteiger partial charge in [0.2, 0.25) is 5.91 Å². The number of nitrogens with zero attached hydrogens (tertiary/aromatic N) is 1. The Morgan fingerprint density at radius 1 is 1.47 bits per heavy atom. The van der Waals surface area contributed by atoms with E-state index >= 15 is 0 Å². The molecule has 1 aliphatic carbocycles. The van der Waals surface area contributed by atoms with Gasteiger partial charge in [-0.1, -0.05) is 0 Å². The number of hydrogen-bond donors (Lipinski definition) is 2. The molecule has 0 saturated heterocycles. The highest BCUT2D eigenvalue weighted by Gasteiger charge is 2.28. The third-order valence-corrected chi connectivity index (χ3v) is 3.79. The van der Waals surface area contributed by atoms with Gasteiger partial charge in [-0.05, 0) is 26.8 Å². The van der Waals surface area contributed by atoms with E-state index in [1.54, 1.807) is 0 Å². The van der Waals surface area contributed by atoms with Gasteiger partial charge >= 0.3 is 5.97 Å². The number of carbonyl (C=O) groups is 2. The summed E-state index contributed by atoms with van der Waals surface area (Å²) in [5, 5.41) is 11.3. The van der Waals surface area contributed by atoms with Crippen molar-refractivity contribution in [1.29, 1.82) is 0 Å². The van der Waals surface area contributed by atoms with Crippen LogP contribution in [0.25, 0.3) is 0 Å². The molecule has 1 rings (SSSR count). The first-order valence-corrected chi connectivity index (χ1v) is 6.94. The van der Waals surface area contributed by atoms with Crippen LogP contribution in [0.4, 0.5) is 0 Å². The average molecular weight is 260 g/mol. The van der Waals surface area contributed by atoms with Gasteiger partial charge in [0.05, 0.1) is 11.5 Å². The van der Waals surface area contributed by atoms with Gasteiger partial charge in [0.1, 0.15) is 0 Å². The molecule has 0 heterocycles. The third kappa shape index (κ3) is 5.93. The second-order valence-electron chi connectivity index (χ2n) is 4.44. The van der Waals surface area contributed by atoms with Gasteiger partial charge in [-0.2, -0.15) is 0 Å². The molecule has 1 amide bonds. The summed E-state index contributed by atoms with van der Waals surface area (Å²) in [7, 11) is 2.08. The Kier molecular flexibility index (Phi) is 5.77. The fourth-order valence-electron chi connectivity index (χ4n) is 1.53. The van der Waals surface area contributed by atoms with Crippen LogP contribution in [-0.4, -0.2) is 59.1 Å². The van der Waals surface area contributed by atoms with Crippen molar-refractivity contribution >= 4 is 23.6 Å². The SMILES string of the molecule is CC(CNC(=O)CSCC(=O)O)N(C)C1CC1. The van der Waals surface area contributed by atoms with Crippen molar-refractivity contribution in [2.75, 3.05) is 25.1 Å². The monoisotopic (exact) mass is 260 g/mol. The van der Waals surface area contributed by atoms with Gasteiger partial charge < -0.3 is 10.4 Å². The minimum absolute atomic E-state index is 0.0229. The average Bonchev–Trinajstić information content (AvgIpc) is 3.08. The molecule has 1 unspecified atom stereocenters. The maximum Gasteiger partial charge on any atom is 0.313 e. The zero-order valence-electron chi connectivity index (χ0n) is 10.3. The number of amides is 1. The smallest absolute Gasteiger partial charge is 0.313 e. The molecule has 0 aliphatic heterocycles. The normalized spacial score (nSPS) is 16.9. The Balaban J connectivity index is 2.07. The number of carboxylic acid groups (broad SMARTS) is 1. The molecule has 0 aromatic rings. The van der Waals surface area contributed by atoms with E-state index in [1.807, 2.05) is 0 Å².